The molecular formula is C13H18O4S. The number of hydrogen-bond acceptors (Lipinski definition) is 4. The highest BCUT2D eigenvalue weighted by Crippen LogP contribution is 2.17. The Morgan fingerprint density at radius 2 is 1.78 bits per heavy atom. The van der Waals surface area contributed by atoms with Crippen LogP contribution in [0.4, 0.5) is 0 Å². The van der Waals surface area contributed by atoms with Gasteiger partial charge in [0.05, 0.1) is 7.11 Å². The number of Topliss-reactive ketones (excluding diaryl/α,β-unsaturated/α-hetero) is 1. The van der Waals surface area contributed by atoms with Gasteiger partial charge in [0.25, 0.3) is 0 Å². The van der Waals surface area contributed by atoms with Crippen LogP contribution < -0.4 is 4.74 Å². The number of methoxy groups -OCH3 is 1. The van der Waals surface area contributed by atoms with E-state index in [4.69, 9.17) is 4.74 Å². The molecule has 0 saturated carbocycles. The van der Waals surface area contributed by atoms with Gasteiger partial charge >= 0.3 is 0 Å². The average molecular weight is 270 g/mol. The number of hydrogen-bond donors (Lipinski definition) is 0. The predicted molar refractivity (Wildman–Crippen MR) is 70.9 cm³/mol. The van der Waals surface area contributed by atoms with Gasteiger partial charge in [-0.1, -0.05) is 13.8 Å². The Balaban J connectivity index is 3.04. The monoisotopic (exact) mass is 270 g/mol. The fourth-order valence-electron chi connectivity index (χ4n) is 1.74. The van der Waals surface area contributed by atoms with Gasteiger partial charge in [-0.25, -0.2) is 8.42 Å². The Kier molecular flexibility index (Phi) is 4.90. The van der Waals surface area contributed by atoms with Crippen molar-refractivity contribution in [3.8, 4) is 5.75 Å². The predicted octanol–water partition coefficient (Wildman–Crippen LogP) is 2.09. The van der Waals surface area contributed by atoms with Crippen LogP contribution in [-0.4, -0.2) is 32.3 Å². The number of carbonyl (C=O) groups excluding carboxylic acids is 1. The van der Waals surface area contributed by atoms with E-state index in [0.717, 1.165) is 0 Å². The van der Waals surface area contributed by atoms with Crippen LogP contribution >= 0.6 is 0 Å². The summed E-state index contributed by atoms with van der Waals surface area (Å²) in [5.41, 5.74) is 0.402. The fraction of sp³-hybridized carbons (Fsp3) is 0.462. The quantitative estimate of drug-likeness (QED) is 0.743. The highest BCUT2D eigenvalue weighted by molar-refractivity contribution is 7.92. The maximum Gasteiger partial charge on any atom is 0.180 e. The van der Waals surface area contributed by atoms with E-state index in [1.165, 1.54) is 7.11 Å². The molecule has 5 heteroatoms. The molecule has 0 N–H and O–H groups in total. The lowest BCUT2D eigenvalue weighted by molar-refractivity contribution is 0.0985. The second-order valence-electron chi connectivity index (χ2n) is 3.94. The van der Waals surface area contributed by atoms with Gasteiger partial charge in [-0.2, -0.15) is 0 Å². The van der Waals surface area contributed by atoms with Crippen LogP contribution in [-0.2, 0) is 9.84 Å². The second kappa shape index (κ2) is 6.00. The standard InChI is InChI=1S/C13H18O4S/c1-4-12(18(15,16)5-2)13(14)10-6-8-11(17-3)9-7-10/h6-9,12H,4-5H2,1-3H3/t12-/m0/s1. The molecule has 0 aromatic heterocycles. The molecule has 0 fully saturated rings. The minimum atomic E-state index is -3.35. The van der Waals surface area contributed by atoms with Crippen molar-refractivity contribution in [3.05, 3.63) is 29.8 Å². The van der Waals surface area contributed by atoms with Crippen LogP contribution in [0, 0.1) is 0 Å². The molecule has 1 aromatic carbocycles. The largest absolute Gasteiger partial charge is 0.497 e. The zero-order valence-corrected chi connectivity index (χ0v) is 11.7. The Hall–Kier alpha value is -1.36. The van der Waals surface area contributed by atoms with Gasteiger partial charge in [0.1, 0.15) is 11.0 Å². The van der Waals surface area contributed by atoms with E-state index in [2.05, 4.69) is 0 Å². The van der Waals surface area contributed by atoms with E-state index in [1.807, 2.05) is 0 Å². The summed E-state index contributed by atoms with van der Waals surface area (Å²) < 4.78 is 28.6. The third-order valence-corrected chi connectivity index (χ3v) is 5.09. The Bertz CT molecular complexity index is 502. The molecule has 0 aliphatic rings. The molecule has 0 aliphatic heterocycles. The van der Waals surface area contributed by atoms with Gasteiger partial charge in [-0.15, -0.1) is 0 Å². The van der Waals surface area contributed by atoms with E-state index in [9.17, 15) is 13.2 Å². The molecule has 0 amide bonds. The summed E-state index contributed by atoms with van der Waals surface area (Å²) in [6.45, 7) is 3.26. The van der Waals surface area contributed by atoms with Crippen LogP contribution in [0.25, 0.3) is 0 Å². The van der Waals surface area contributed by atoms with Gasteiger partial charge in [0.2, 0.25) is 0 Å². The number of ether oxygens (including phenoxy) is 1. The van der Waals surface area contributed by atoms with Crippen LogP contribution in [0.2, 0.25) is 0 Å². The van der Waals surface area contributed by atoms with Crippen molar-refractivity contribution in [1.82, 2.24) is 0 Å². The molecule has 0 unspecified atom stereocenters. The fourth-order valence-corrected chi connectivity index (χ4v) is 3.12. The van der Waals surface area contributed by atoms with Crippen LogP contribution in [0.3, 0.4) is 0 Å². The SMILES string of the molecule is CC[C@@H](C(=O)c1ccc(OC)cc1)S(=O)(=O)CC. The Morgan fingerprint density at radius 3 is 2.17 bits per heavy atom. The van der Waals surface area contributed by atoms with Crippen LogP contribution in [0.15, 0.2) is 24.3 Å². The first-order valence-electron chi connectivity index (χ1n) is 5.86. The topological polar surface area (TPSA) is 60.4 Å². The molecular weight excluding hydrogens is 252 g/mol. The third-order valence-electron chi connectivity index (χ3n) is 2.87. The first kappa shape index (κ1) is 14.7. The summed E-state index contributed by atoms with van der Waals surface area (Å²) in [4.78, 5) is 12.2. The normalized spacial score (nSPS) is 13.1. The summed E-state index contributed by atoms with van der Waals surface area (Å²) in [6.07, 6.45) is 0.293. The Labute approximate surface area is 108 Å². The zero-order chi connectivity index (χ0) is 13.8. The highest BCUT2D eigenvalue weighted by atomic mass is 32.2. The van der Waals surface area contributed by atoms with Crippen molar-refractivity contribution in [2.75, 3.05) is 12.9 Å². The minimum absolute atomic E-state index is 0.0204. The van der Waals surface area contributed by atoms with E-state index in [1.54, 1.807) is 38.1 Å². The summed E-state index contributed by atoms with van der Waals surface area (Å²) in [5.74, 6) is 0.271. The van der Waals surface area contributed by atoms with Crippen molar-refractivity contribution >= 4 is 15.6 Å². The number of benzene rings is 1. The van der Waals surface area contributed by atoms with Crippen molar-refractivity contribution in [2.24, 2.45) is 0 Å². The van der Waals surface area contributed by atoms with Crippen molar-refractivity contribution in [1.29, 1.82) is 0 Å². The lowest BCUT2D eigenvalue weighted by Crippen LogP contribution is -2.31. The van der Waals surface area contributed by atoms with Crippen molar-refractivity contribution in [2.45, 2.75) is 25.5 Å². The molecule has 4 nitrogen and oxygen atoms in total. The highest BCUT2D eigenvalue weighted by Gasteiger charge is 2.29. The van der Waals surface area contributed by atoms with E-state index in [-0.39, 0.29) is 11.5 Å². The van der Waals surface area contributed by atoms with Gasteiger partial charge < -0.3 is 4.74 Å². The first-order chi connectivity index (χ1) is 8.46. The number of ketones is 1. The van der Waals surface area contributed by atoms with Gasteiger partial charge in [0.15, 0.2) is 15.6 Å². The number of sulfone groups is 1. The Morgan fingerprint density at radius 1 is 1.22 bits per heavy atom. The van der Waals surface area contributed by atoms with Crippen molar-refractivity contribution < 1.29 is 17.9 Å². The third kappa shape index (κ3) is 3.10. The average Bonchev–Trinajstić information content (AvgIpc) is 2.39. The maximum absolute atomic E-state index is 12.2. The molecule has 1 atom stereocenters. The molecule has 0 heterocycles. The second-order valence-corrected chi connectivity index (χ2v) is 6.41. The lowest BCUT2D eigenvalue weighted by Gasteiger charge is -2.13. The minimum Gasteiger partial charge on any atom is -0.497 e. The summed E-state index contributed by atoms with van der Waals surface area (Å²) in [5, 5.41) is -0.948. The lowest BCUT2D eigenvalue weighted by atomic mass is 10.1. The first-order valence-corrected chi connectivity index (χ1v) is 7.57. The smallest absolute Gasteiger partial charge is 0.180 e. The molecule has 0 bridgehead atoms. The summed E-state index contributed by atoms with van der Waals surface area (Å²) >= 11 is 0. The van der Waals surface area contributed by atoms with Gasteiger partial charge in [-0.05, 0) is 30.7 Å². The van der Waals surface area contributed by atoms with E-state index in [0.29, 0.717) is 17.7 Å². The van der Waals surface area contributed by atoms with Crippen LogP contribution in [0.1, 0.15) is 30.6 Å². The molecule has 0 saturated heterocycles. The molecule has 0 radical (unpaired) electrons. The molecule has 1 rings (SSSR count). The molecule has 0 spiro atoms. The molecule has 1 aromatic rings. The number of carbonyl (C=O) groups is 1. The summed E-state index contributed by atoms with van der Waals surface area (Å²) in [7, 11) is -1.82. The van der Waals surface area contributed by atoms with Crippen molar-refractivity contribution in [3.63, 3.8) is 0 Å². The summed E-state index contributed by atoms with van der Waals surface area (Å²) in [6, 6.07) is 6.49. The maximum atomic E-state index is 12.2. The van der Waals surface area contributed by atoms with Gasteiger partial charge in [0, 0.05) is 11.3 Å². The molecule has 100 valence electrons. The molecule has 18 heavy (non-hydrogen) atoms. The van der Waals surface area contributed by atoms with E-state index < -0.39 is 15.1 Å². The van der Waals surface area contributed by atoms with Gasteiger partial charge in [-0.3, -0.25) is 4.79 Å². The van der Waals surface area contributed by atoms with Crippen LogP contribution in [0.5, 0.6) is 5.75 Å². The number of rotatable bonds is 6. The van der Waals surface area contributed by atoms with E-state index >= 15 is 0 Å². The molecule has 0 aliphatic carbocycles. The zero-order valence-electron chi connectivity index (χ0n) is 10.8.